The van der Waals surface area contributed by atoms with E-state index in [9.17, 15) is 10.2 Å². The summed E-state index contributed by atoms with van der Waals surface area (Å²) in [4.78, 5) is 4.31. The second kappa shape index (κ2) is 5.88. The first-order chi connectivity index (χ1) is 9.69. The lowest BCUT2D eigenvalue weighted by atomic mass is 9.98. The standard InChI is InChI=1S/C11H19N5O3S/c1-12-11-15-7-9(18)8(17)5(19-10(7)20-11)4-13-6-2-3-14-16-6/h2-3,5-10,13-14,16-18H,4H2,1H3,(H,12,15)/t5-,6?,7-,8-,9-,10-/m1/s1. The molecule has 1 unspecified atom stereocenters. The molecule has 0 aliphatic carbocycles. The normalized spacial score (nSPS) is 43.0. The number of nitrogens with one attached hydrogen (secondary N) is 4. The van der Waals surface area contributed by atoms with Gasteiger partial charge >= 0.3 is 0 Å². The van der Waals surface area contributed by atoms with E-state index >= 15 is 0 Å². The van der Waals surface area contributed by atoms with Crippen molar-refractivity contribution in [3.8, 4) is 0 Å². The zero-order chi connectivity index (χ0) is 14.1. The van der Waals surface area contributed by atoms with Gasteiger partial charge in [0.25, 0.3) is 0 Å². The van der Waals surface area contributed by atoms with Crippen LogP contribution in [-0.4, -0.2) is 64.9 Å². The summed E-state index contributed by atoms with van der Waals surface area (Å²) in [5.41, 5.74) is 5.57. The summed E-state index contributed by atoms with van der Waals surface area (Å²) >= 11 is 1.44. The molecule has 6 atom stereocenters. The van der Waals surface area contributed by atoms with Gasteiger partial charge in [-0.05, 0) is 6.08 Å². The van der Waals surface area contributed by atoms with Crippen LogP contribution in [0.4, 0.5) is 0 Å². The van der Waals surface area contributed by atoms with Crippen LogP contribution in [0.2, 0.25) is 0 Å². The van der Waals surface area contributed by atoms with Crippen molar-refractivity contribution < 1.29 is 14.9 Å². The predicted octanol–water partition coefficient (Wildman–Crippen LogP) is -2.34. The molecule has 0 saturated carbocycles. The Hall–Kier alpha value is -0.840. The van der Waals surface area contributed by atoms with Crippen LogP contribution in [0.15, 0.2) is 17.3 Å². The Kier molecular flexibility index (Phi) is 4.15. The fourth-order valence-corrected chi connectivity index (χ4v) is 3.49. The lowest BCUT2D eigenvalue weighted by Crippen LogP contribution is -2.58. The molecule has 6 N–H and O–H groups in total. The van der Waals surface area contributed by atoms with E-state index in [2.05, 4.69) is 26.5 Å². The largest absolute Gasteiger partial charge is 0.388 e. The molecule has 20 heavy (non-hydrogen) atoms. The highest BCUT2D eigenvalue weighted by Crippen LogP contribution is 2.35. The molecule has 1 fully saturated rings. The van der Waals surface area contributed by atoms with Gasteiger partial charge < -0.3 is 25.7 Å². The number of aliphatic hydroxyl groups is 2. The van der Waals surface area contributed by atoms with Gasteiger partial charge in [0.05, 0.1) is 6.17 Å². The number of aliphatic imine (C=N–C) groups is 1. The Balaban J connectivity index is 1.59. The third-order valence-corrected chi connectivity index (χ3v) is 4.68. The van der Waals surface area contributed by atoms with E-state index < -0.39 is 24.4 Å². The number of hydrazine groups is 1. The third kappa shape index (κ3) is 2.65. The van der Waals surface area contributed by atoms with Gasteiger partial charge in [0.1, 0.15) is 29.8 Å². The summed E-state index contributed by atoms with van der Waals surface area (Å²) < 4.78 is 5.85. The minimum absolute atomic E-state index is 0.0129. The van der Waals surface area contributed by atoms with E-state index in [1.807, 2.05) is 6.08 Å². The Morgan fingerprint density at radius 2 is 2.30 bits per heavy atom. The number of hydrogen-bond donors (Lipinski definition) is 6. The minimum Gasteiger partial charge on any atom is -0.388 e. The van der Waals surface area contributed by atoms with Crippen LogP contribution >= 0.6 is 11.8 Å². The highest BCUT2D eigenvalue weighted by atomic mass is 32.2. The van der Waals surface area contributed by atoms with Crippen LogP contribution in [0, 0.1) is 0 Å². The van der Waals surface area contributed by atoms with Crippen LogP contribution in [0.3, 0.4) is 0 Å². The van der Waals surface area contributed by atoms with Crippen molar-refractivity contribution in [1.82, 2.24) is 21.5 Å². The predicted molar refractivity (Wildman–Crippen MR) is 75.8 cm³/mol. The molecule has 3 aliphatic rings. The third-order valence-electron chi connectivity index (χ3n) is 3.53. The fourth-order valence-electron chi connectivity index (χ4n) is 2.41. The van der Waals surface area contributed by atoms with Gasteiger partial charge in [-0.25, -0.2) is 5.43 Å². The lowest BCUT2D eigenvalue weighted by Gasteiger charge is -2.38. The molecular formula is C11H19N5O3S. The molecule has 112 valence electrons. The quantitative estimate of drug-likeness (QED) is 0.344. The first-order valence-corrected chi connectivity index (χ1v) is 7.42. The van der Waals surface area contributed by atoms with E-state index in [4.69, 9.17) is 4.74 Å². The van der Waals surface area contributed by atoms with Crippen molar-refractivity contribution in [2.24, 2.45) is 4.99 Å². The maximum atomic E-state index is 10.2. The molecule has 1 saturated heterocycles. The van der Waals surface area contributed by atoms with Crippen molar-refractivity contribution in [2.75, 3.05) is 13.6 Å². The van der Waals surface area contributed by atoms with Gasteiger partial charge in [-0.3, -0.25) is 10.3 Å². The Morgan fingerprint density at radius 3 is 3.00 bits per heavy atom. The van der Waals surface area contributed by atoms with E-state index in [0.29, 0.717) is 6.54 Å². The summed E-state index contributed by atoms with van der Waals surface area (Å²) in [6.07, 6.45) is 1.36. The van der Waals surface area contributed by atoms with Gasteiger partial charge in [-0.15, -0.1) is 0 Å². The second-order valence-electron chi connectivity index (χ2n) is 4.85. The highest BCUT2D eigenvalue weighted by Gasteiger charge is 2.47. The zero-order valence-corrected chi connectivity index (χ0v) is 11.8. The maximum Gasteiger partial charge on any atom is 0.159 e. The monoisotopic (exact) mass is 301 g/mol. The molecule has 0 aromatic rings. The van der Waals surface area contributed by atoms with Crippen LogP contribution < -0.4 is 21.5 Å². The number of fused-ring (bicyclic) bond motifs is 1. The number of nitrogens with zero attached hydrogens (tertiary/aromatic N) is 1. The van der Waals surface area contributed by atoms with Crippen LogP contribution in [0.5, 0.6) is 0 Å². The van der Waals surface area contributed by atoms with Crippen LogP contribution in [-0.2, 0) is 4.74 Å². The van der Waals surface area contributed by atoms with Gasteiger partial charge in [0.2, 0.25) is 0 Å². The maximum absolute atomic E-state index is 10.2. The molecule has 0 spiro atoms. The SMILES string of the molecule is CNC1=N[C@@H]2[C@@H](O)[C@H](O)[C@@H](CNC3C=CNN3)O[C@@H]2S1. The molecule has 0 amide bonds. The number of thioether (sulfide) groups is 1. The smallest absolute Gasteiger partial charge is 0.159 e. The average molecular weight is 301 g/mol. The summed E-state index contributed by atoms with van der Waals surface area (Å²) in [6, 6.07) is -0.417. The molecule has 0 aromatic heterocycles. The van der Waals surface area contributed by atoms with E-state index in [-0.39, 0.29) is 11.6 Å². The first-order valence-electron chi connectivity index (χ1n) is 6.54. The second-order valence-corrected chi connectivity index (χ2v) is 5.94. The van der Waals surface area contributed by atoms with E-state index in [1.54, 1.807) is 13.2 Å². The van der Waals surface area contributed by atoms with Gasteiger partial charge in [0.15, 0.2) is 5.17 Å². The summed E-state index contributed by atoms with van der Waals surface area (Å²) in [5, 5.41) is 27.2. The van der Waals surface area contributed by atoms with E-state index in [1.165, 1.54) is 11.8 Å². The molecule has 0 bridgehead atoms. The van der Waals surface area contributed by atoms with E-state index in [0.717, 1.165) is 5.17 Å². The number of ether oxygens (including phenoxy) is 1. The minimum atomic E-state index is -0.956. The van der Waals surface area contributed by atoms with Crippen LogP contribution in [0.25, 0.3) is 0 Å². The molecular weight excluding hydrogens is 282 g/mol. The number of hydrogen-bond acceptors (Lipinski definition) is 9. The Labute approximate surface area is 121 Å². The van der Waals surface area contributed by atoms with Crippen molar-refractivity contribution in [2.45, 2.75) is 36.0 Å². The molecule has 3 heterocycles. The Bertz CT molecular complexity index is 421. The fraction of sp³-hybridized carbons (Fsp3) is 0.727. The number of amidine groups is 1. The molecule has 3 rings (SSSR count). The molecule has 9 heteroatoms. The number of rotatable bonds is 3. The van der Waals surface area contributed by atoms with Crippen molar-refractivity contribution in [1.29, 1.82) is 0 Å². The average Bonchev–Trinajstić information content (AvgIpc) is 3.10. The highest BCUT2D eigenvalue weighted by molar-refractivity contribution is 8.14. The Morgan fingerprint density at radius 1 is 1.45 bits per heavy atom. The zero-order valence-electron chi connectivity index (χ0n) is 11.0. The van der Waals surface area contributed by atoms with Crippen molar-refractivity contribution >= 4 is 16.9 Å². The first kappa shape index (κ1) is 14.1. The molecule has 8 nitrogen and oxygen atoms in total. The topological polar surface area (TPSA) is 110 Å². The summed E-state index contributed by atoms with van der Waals surface area (Å²) in [6.45, 7) is 0.431. The van der Waals surface area contributed by atoms with Crippen molar-refractivity contribution in [3.63, 3.8) is 0 Å². The number of aliphatic hydroxyl groups excluding tert-OH is 2. The van der Waals surface area contributed by atoms with Gasteiger partial charge in [-0.2, -0.15) is 0 Å². The summed E-state index contributed by atoms with van der Waals surface area (Å²) in [5.74, 6) is 0. The van der Waals surface area contributed by atoms with Crippen molar-refractivity contribution in [3.05, 3.63) is 12.3 Å². The summed E-state index contributed by atoms with van der Waals surface area (Å²) in [7, 11) is 1.77. The molecule has 0 aromatic carbocycles. The van der Waals surface area contributed by atoms with Gasteiger partial charge in [-0.1, -0.05) is 11.8 Å². The molecule has 3 aliphatic heterocycles. The molecule has 0 radical (unpaired) electrons. The van der Waals surface area contributed by atoms with Crippen LogP contribution in [0.1, 0.15) is 0 Å². The lowest BCUT2D eigenvalue weighted by molar-refractivity contribution is -0.151. The van der Waals surface area contributed by atoms with Gasteiger partial charge in [0, 0.05) is 19.8 Å².